The van der Waals surface area contributed by atoms with E-state index in [0.29, 0.717) is 26.0 Å². The van der Waals surface area contributed by atoms with E-state index in [1.807, 2.05) is 61.5 Å². The van der Waals surface area contributed by atoms with Gasteiger partial charge >= 0.3 is 0 Å². The lowest BCUT2D eigenvalue weighted by molar-refractivity contribution is 0.210. The van der Waals surface area contributed by atoms with Crippen molar-refractivity contribution in [2.24, 2.45) is 5.14 Å². The molecular formula is C26H30N4O3S. The number of aromatic nitrogens is 2. The summed E-state index contributed by atoms with van der Waals surface area (Å²) in [6.07, 6.45) is 1.33. The monoisotopic (exact) mass is 478 g/mol. The lowest BCUT2D eigenvalue weighted by Crippen LogP contribution is -2.22. The van der Waals surface area contributed by atoms with Crippen molar-refractivity contribution in [1.82, 2.24) is 10.1 Å². The number of nitrogens with zero attached hydrogens (tertiary/aromatic N) is 2. The standard InChI is InChI=1S/C26H30N4O3S/c1-18(34(27)31)16-19(17-20-8-7-13-25(29-20)28-14-15-32-2)21-9-3-4-10-22(21)26-23-11-5-6-12-24(23)33-30-26/h3-13,18-19H,14-17,27H2,1-2H3,(H,28,29)/t18?,19-,34?/m1/s1. The van der Waals surface area contributed by atoms with Gasteiger partial charge in [-0.25, -0.2) is 9.19 Å². The second kappa shape index (κ2) is 11.4. The van der Waals surface area contributed by atoms with Gasteiger partial charge < -0.3 is 14.6 Å². The molecule has 0 aliphatic heterocycles. The minimum absolute atomic E-state index is 0.0379. The predicted octanol–water partition coefficient (Wildman–Crippen LogP) is 4.68. The number of nitrogens with two attached hydrogens (primary N) is 1. The summed E-state index contributed by atoms with van der Waals surface area (Å²) in [6, 6.07) is 22.0. The molecule has 34 heavy (non-hydrogen) atoms. The Morgan fingerprint density at radius 1 is 1.09 bits per heavy atom. The number of ether oxygens (including phenoxy) is 1. The van der Waals surface area contributed by atoms with E-state index < -0.39 is 11.0 Å². The van der Waals surface area contributed by atoms with Crippen molar-refractivity contribution in [3.63, 3.8) is 0 Å². The molecule has 0 radical (unpaired) electrons. The van der Waals surface area contributed by atoms with Gasteiger partial charge in [0.15, 0.2) is 5.58 Å². The van der Waals surface area contributed by atoms with Crippen LogP contribution < -0.4 is 10.5 Å². The minimum Gasteiger partial charge on any atom is -0.383 e. The van der Waals surface area contributed by atoms with Gasteiger partial charge in [0, 0.05) is 35.5 Å². The Morgan fingerprint density at radius 3 is 2.71 bits per heavy atom. The molecule has 0 saturated carbocycles. The molecule has 0 bridgehead atoms. The van der Waals surface area contributed by atoms with Crippen LogP contribution in [0.3, 0.4) is 0 Å². The zero-order valence-corrected chi connectivity index (χ0v) is 20.3. The lowest BCUT2D eigenvalue weighted by Gasteiger charge is -2.22. The summed E-state index contributed by atoms with van der Waals surface area (Å²) in [5.74, 6) is 0.843. The summed E-state index contributed by atoms with van der Waals surface area (Å²) in [7, 11) is 0.256. The van der Waals surface area contributed by atoms with Crippen molar-refractivity contribution in [3.8, 4) is 11.3 Å². The van der Waals surface area contributed by atoms with E-state index in [4.69, 9.17) is 19.4 Å². The van der Waals surface area contributed by atoms with E-state index in [2.05, 4.69) is 22.6 Å². The minimum atomic E-state index is -1.42. The van der Waals surface area contributed by atoms with E-state index in [1.165, 1.54) is 0 Å². The number of pyridine rings is 1. The summed E-state index contributed by atoms with van der Waals surface area (Å²) in [6.45, 7) is 3.21. The van der Waals surface area contributed by atoms with Crippen LogP contribution in [0.2, 0.25) is 0 Å². The van der Waals surface area contributed by atoms with E-state index in [9.17, 15) is 4.21 Å². The smallest absolute Gasteiger partial charge is 0.167 e. The fourth-order valence-electron chi connectivity index (χ4n) is 4.19. The Bertz CT molecular complexity index is 1260. The van der Waals surface area contributed by atoms with Crippen LogP contribution in [0.4, 0.5) is 5.82 Å². The van der Waals surface area contributed by atoms with Gasteiger partial charge in [0.05, 0.1) is 17.6 Å². The molecule has 2 unspecified atom stereocenters. The van der Waals surface area contributed by atoms with E-state index >= 15 is 0 Å². The van der Waals surface area contributed by atoms with Crippen LogP contribution in [0.5, 0.6) is 0 Å². The van der Waals surface area contributed by atoms with Crippen LogP contribution in [-0.4, -0.2) is 39.9 Å². The van der Waals surface area contributed by atoms with E-state index in [0.717, 1.165) is 39.3 Å². The topological polar surface area (TPSA) is 103 Å². The van der Waals surface area contributed by atoms with Crippen molar-refractivity contribution in [2.75, 3.05) is 25.6 Å². The Hall–Kier alpha value is -3.07. The lowest BCUT2D eigenvalue weighted by atomic mass is 9.85. The number of hydrogen-bond acceptors (Lipinski definition) is 6. The SMILES string of the molecule is COCCNc1cccc(C[C@@H](CC(C)S(N)=O)c2ccccc2-c2noc3ccccc23)n1. The fraction of sp³-hybridized carbons (Fsp3) is 0.308. The molecule has 2 aromatic carbocycles. The molecule has 178 valence electrons. The highest BCUT2D eigenvalue weighted by Crippen LogP contribution is 2.37. The zero-order chi connectivity index (χ0) is 23.9. The number of anilines is 1. The number of para-hydroxylation sites is 1. The Labute approximate surface area is 202 Å². The maximum absolute atomic E-state index is 12.1. The van der Waals surface area contributed by atoms with Gasteiger partial charge in [0.2, 0.25) is 0 Å². The number of nitrogens with one attached hydrogen (secondary N) is 1. The highest BCUT2D eigenvalue weighted by molar-refractivity contribution is 7.83. The molecule has 0 amide bonds. The first-order chi connectivity index (χ1) is 16.6. The number of benzene rings is 2. The molecule has 4 rings (SSSR count). The molecule has 7 nitrogen and oxygen atoms in total. The molecule has 3 N–H and O–H groups in total. The summed E-state index contributed by atoms with van der Waals surface area (Å²) < 4.78 is 22.8. The Balaban J connectivity index is 1.70. The molecule has 8 heteroatoms. The van der Waals surface area contributed by atoms with E-state index in [-0.39, 0.29) is 11.2 Å². The molecule has 2 aromatic heterocycles. The molecule has 0 aliphatic carbocycles. The highest BCUT2D eigenvalue weighted by Gasteiger charge is 2.24. The maximum Gasteiger partial charge on any atom is 0.167 e. The average molecular weight is 479 g/mol. The normalized spacial score (nSPS) is 14.1. The Kier molecular flexibility index (Phi) is 8.05. The number of methoxy groups -OCH3 is 1. The fourth-order valence-corrected chi connectivity index (χ4v) is 4.61. The van der Waals surface area contributed by atoms with Gasteiger partial charge in [-0.15, -0.1) is 0 Å². The van der Waals surface area contributed by atoms with Crippen molar-refractivity contribution in [1.29, 1.82) is 0 Å². The van der Waals surface area contributed by atoms with Crippen LogP contribution >= 0.6 is 0 Å². The van der Waals surface area contributed by atoms with Gasteiger partial charge in [-0.05, 0) is 55.5 Å². The molecule has 0 fully saturated rings. The highest BCUT2D eigenvalue weighted by atomic mass is 32.2. The van der Waals surface area contributed by atoms with Crippen molar-refractivity contribution in [2.45, 2.75) is 30.9 Å². The first-order valence-electron chi connectivity index (χ1n) is 11.3. The molecule has 0 saturated heterocycles. The van der Waals surface area contributed by atoms with Crippen LogP contribution in [-0.2, 0) is 22.1 Å². The van der Waals surface area contributed by atoms with Crippen LogP contribution in [0, 0.1) is 0 Å². The van der Waals surface area contributed by atoms with Gasteiger partial charge in [0.1, 0.15) is 11.5 Å². The molecule has 0 spiro atoms. The first-order valence-corrected chi connectivity index (χ1v) is 12.6. The second-order valence-corrected chi connectivity index (χ2v) is 9.79. The third kappa shape index (κ3) is 5.70. The van der Waals surface area contributed by atoms with Crippen molar-refractivity contribution in [3.05, 3.63) is 78.0 Å². The zero-order valence-electron chi connectivity index (χ0n) is 19.4. The summed E-state index contributed by atoms with van der Waals surface area (Å²) in [5.41, 5.74) is 4.61. The largest absolute Gasteiger partial charge is 0.383 e. The van der Waals surface area contributed by atoms with Crippen molar-refractivity contribution >= 4 is 27.8 Å². The third-order valence-corrected chi connectivity index (χ3v) is 6.91. The van der Waals surface area contributed by atoms with Crippen LogP contribution in [0.25, 0.3) is 22.2 Å². The van der Waals surface area contributed by atoms with Crippen molar-refractivity contribution < 1.29 is 13.5 Å². The third-order valence-electron chi connectivity index (χ3n) is 5.92. The Morgan fingerprint density at radius 2 is 1.88 bits per heavy atom. The number of hydrogen-bond donors (Lipinski definition) is 2. The number of rotatable bonds is 11. The van der Waals surface area contributed by atoms with Gasteiger partial charge in [0.25, 0.3) is 0 Å². The van der Waals surface area contributed by atoms with Gasteiger partial charge in [-0.1, -0.05) is 47.6 Å². The summed E-state index contributed by atoms with van der Waals surface area (Å²) in [5, 5.41) is 14.2. The number of fused-ring (bicyclic) bond motifs is 1. The second-order valence-electron chi connectivity index (χ2n) is 8.32. The quantitative estimate of drug-likeness (QED) is 0.304. The van der Waals surface area contributed by atoms with Gasteiger partial charge in [-0.2, -0.15) is 0 Å². The molecule has 4 aromatic rings. The van der Waals surface area contributed by atoms with Crippen LogP contribution in [0.1, 0.15) is 30.5 Å². The first kappa shape index (κ1) is 24.1. The maximum atomic E-state index is 12.1. The van der Waals surface area contributed by atoms with Crippen LogP contribution in [0.15, 0.2) is 71.3 Å². The molecular weight excluding hydrogens is 448 g/mol. The molecule has 2 heterocycles. The van der Waals surface area contributed by atoms with E-state index in [1.54, 1.807) is 7.11 Å². The predicted molar refractivity (Wildman–Crippen MR) is 137 cm³/mol. The summed E-state index contributed by atoms with van der Waals surface area (Å²) in [4.78, 5) is 4.80. The molecule has 0 aliphatic rings. The van der Waals surface area contributed by atoms with Gasteiger partial charge in [-0.3, -0.25) is 5.14 Å². The summed E-state index contributed by atoms with van der Waals surface area (Å²) >= 11 is 0. The average Bonchev–Trinajstić information content (AvgIpc) is 3.28. The molecule has 3 atom stereocenters.